The smallest absolute Gasteiger partial charge is 0.244 e. The van der Waals surface area contributed by atoms with Gasteiger partial charge >= 0.3 is 0 Å². The lowest BCUT2D eigenvalue weighted by Crippen LogP contribution is -2.43. The zero-order valence-electron chi connectivity index (χ0n) is 16.9. The largest absolute Gasteiger partial charge is 0.339 e. The fourth-order valence-electron chi connectivity index (χ4n) is 3.19. The van der Waals surface area contributed by atoms with E-state index < -0.39 is 15.6 Å². The summed E-state index contributed by atoms with van der Waals surface area (Å²) in [6.45, 7) is 1.97. The van der Waals surface area contributed by atoms with Gasteiger partial charge in [-0.25, -0.2) is 13.1 Å². The number of hydrogen-bond acceptors (Lipinski definition) is 3. The molecule has 30 heavy (non-hydrogen) atoms. The highest BCUT2D eigenvalue weighted by atomic mass is 32.2. The summed E-state index contributed by atoms with van der Waals surface area (Å²) in [5.74, 6) is -0.253. The highest BCUT2D eigenvalue weighted by molar-refractivity contribution is 7.89. The minimum Gasteiger partial charge on any atom is -0.339 e. The molecule has 0 aromatic heterocycles. The first-order valence-electron chi connectivity index (χ1n) is 9.50. The van der Waals surface area contributed by atoms with Crippen LogP contribution in [0.5, 0.6) is 0 Å². The topological polar surface area (TPSA) is 75.3 Å². The molecule has 0 aliphatic rings. The number of sulfonamides is 1. The summed E-state index contributed by atoms with van der Waals surface area (Å²) in [6, 6.07) is 25.9. The average Bonchev–Trinajstić information content (AvgIpc) is 2.79. The van der Waals surface area contributed by atoms with E-state index in [-0.39, 0.29) is 10.8 Å². The van der Waals surface area contributed by atoms with Crippen LogP contribution < -0.4 is 10.0 Å². The predicted molar refractivity (Wildman–Crippen MR) is 119 cm³/mol. The van der Waals surface area contributed by atoms with Crippen LogP contribution >= 0.6 is 0 Å². The van der Waals surface area contributed by atoms with Crippen LogP contribution in [0.4, 0.5) is 0 Å². The van der Waals surface area contributed by atoms with Crippen LogP contribution in [0.2, 0.25) is 0 Å². The van der Waals surface area contributed by atoms with Crippen molar-refractivity contribution in [1.82, 2.24) is 10.0 Å². The Morgan fingerprint density at radius 2 is 1.33 bits per heavy atom. The van der Waals surface area contributed by atoms with E-state index in [4.69, 9.17) is 0 Å². The summed E-state index contributed by atoms with van der Waals surface area (Å²) >= 11 is 0. The molecule has 0 heterocycles. The van der Waals surface area contributed by atoms with Gasteiger partial charge in [0.05, 0.1) is 10.4 Å². The summed E-state index contributed by atoms with van der Waals surface area (Å²) < 4.78 is 25.9. The van der Waals surface area contributed by atoms with E-state index in [2.05, 4.69) is 10.0 Å². The number of amides is 1. The molecule has 0 radical (unpaired) electrons. The van der Waals surface area contributed by atoms with E-state index in [1.807, 2.05) is 67.6 Å². The lowest BCUT2D eigenvalue weighted by atomic mass is 9.84. The van der Waals surface area contributed by atoms with Gasteiger partial charge in [-0.15, -0.1) is 0 Å². The van der Waals surface area contributed by atoms with Crippen molar-refractivity contribution in [2.75, 3.05) is 7.05 Å². The Bertz CT molecular complexity index is 1080. The number of hydrogen-bond donors (Lipinski definition) is 2. The van der Waals surface area contributed by atoms with E-state index in [1.165, 1.54) is 25.3 Å². The molecule has 0 bridgehead atoms. The van der Waals surface area contributed by atoms with Gasteiger partial charge in [0.15, 0.2) is 0 Å². The van der Waals surface area contributed by atoms with Crippen molar-refractivity contribution in [3.63, 3.8) is 0 Å². The molecule has 0 atom stereocenters. The third kappa shape index (κ3) is 4.84. The van der Waals surface area contributed by atoms with Gasteiger partial charge in [0.2, 0.25) is 15.9 Å². The molecule has 6 heteroatoms. The van der Waals surface area contributed by atoms with Crippen molar-refractivity contribution in [3.8, 4) is 0 Å². The Kier molecular flexibility index (Phi) is 6.50. The van der Waals surface area contributed by atoms with Gasteiger partial charge in [0, 0.05) is 6.08 Å². The van der Waals surface area contributed by atoms with Crippen LogP contribution in [-0.4, -0.2) is 21.4 Å². The minimum absolute atomic E-state index is 0.173. The molecule has 154 valence electrons. The molecule has 1 amide bonds. The molecule has 0 unspecified atom stereocenters. The van der Waals surface area contributed by atoms with Crippen molar-refractivity contribution in [3.05, 3.63) is 108 Å². The second kappa shape index (κ2) is 9.07. The van der Waals surface area contributed by atoms with Crippen LogP contribution in [0.1, 0.15) is 23.6 Å². The molecule has 5 nitrogen and oxygen atoms in total. The number of carbonyl (C=O) groups excluding carboxylic acids is 1. The normalized spacial score (nSPS) is 12.1. The summed E-state index contributed by atoms with van der Waals surface area (Å²) in [5, 5.41) is 3.11. The van der Waals surface area contributed by atoms with Crippen LogP contribution in [0.25, 0.3) is 6.08 Å². The maximum Gasteiger partial charge on any atom is 0.244 e. The third-order valence-corrected chi connectivity index (χ3v) is 6.39. The lowest BCUT2D eigenvalue weighted by Gasteiger charge is -2.31. The summed E-state index contributed by atoms with van der Waals surface area (Å²) in [4.78, 5) is 12.9. The molecular weight excluding hydrogens is 396 g/mol. The first kappa shape index (κ1) is 21.5. The molecule has 0 aliphatic heterocycles. The van der Waals surface area contributed by atoms with Crippen LogP contribution in [-0.2, 0) is 20.4 Å². The lowest BCUT2D eigenvalue weighted by molar-refractivity contribution is -0.117. The quantitative estimate of drug-likeness (QED) is 0.573. The second-order valence-electron chi connectivity index (χ2n) is 6.96. The van der Waals surface area contributed by atoms with E-state index in [0.29, 0.717) is 0 Å². The molecule has 0 fully saturated rings. The number of benzene rings is 3. The van der Waals surface area contributed by atoms with Gasteiger partial charge in [-0.1, -0.05) is 72.8 Å². The summed E-state index contributed by atoms with van der Waals surface area (Å²) in [7, 11) is -2.12. The van der Waals surface area contributed by atoms with Crippen molar-refractivity contribution in [2.24, 2.45) is 0 Å². The highest BCUT2D eigenvalue weighted by Crippen LogP contribution is 2.29. The SMILES string of the molecule is CNS(=O)(=O)c1ccc(/C=C/C(=O)NC(C)(c2ccccc2)c2ccccc2)cc1. The standard InChI is InChI=1S/C24H24N2O3S/c1-24(20-9-5-3-6-10-20,21-11-7-4-8-12-21)26-23(27)18-15-19-13-16-22(17-14-19)30(28,29)25-2/h3-18,25H,1-2H3,(H,26,27)/b18-15+. The minimum atomic E-state index is -3.48. The van der Waals surface area contributed by atoms with Gasteiger partial charge < -0.3 is 5.32 Å². The van der Waals surface area contributed by atoms with E-state index in [1.54, 1.807) is 18.2 Å². The zero-order valence-corrected chi connectivity index (χ0v) is 17.7. The Morgan fingerprint density at radius 3 is 1.80 bits per heavy atom. The Hall–Kier alpha value is -3.22. The molecule has 0 aliphatic carbocycles. The number of carbonyl (C=O) groups is 1. The molecule has 3 aromatic rings. The third-order valence-electron chi connectivity index (χ3n) is 4.96. The fraction of sp³-hybridized carbons (Fsp3) is 0.125. The Labute approximate surface area is 177 Å². The summed E-state index contributed by atoms with van der Waals surface area (Å²) in [6.07, 6.45) is 3.10. The number of nitrogens with one attached hydrogen (secondary N) is 2. The average molecular weight is 421 g/mol. The van der Waals surface area contributed by atoms with Gasteiger partial charge in [-0.3, -0.25) is 4.79 Å². The van der Waals surface area contributed by atoms with Gasteiger partial charge in [0.1, 0.15) is 0 Å². The first-order valence-corrected chi connectivity index (χ1v) is 11.0. The van der Waals surface area contributed by atoms with E-state index >= 15 is 0 Å². The Morgan fingerprint density at radius 1 is 0.833 bits per heavy atom. The van der Waals surface area contributed by atoms with E-state index in [9.17, 15) is 13.2 Å². The summed E-state index contributed by atoms with van der Waals surface area (Å²) in [5.41, 5.74) is 1.97. The maximum absolute atomic E-state index is 12.7. The van der Waals surface area contributed by atoms with Crippen molar-refractivity contribution in [2.45, 2.75) is 17.4 Å². The molecule has 3 rings (SSSR count). The van der Waals surface area contributed by atoms with E-state index in [0.717, 1.165) is 16.7 Å². The predicted octanol–water partition coefficient (Wildman–Crippen LogP) is 3.69. The second-order valence-corrected chi connectivity index (χ2v) is 8.84. The zero-order chi connectivity index (χ0) is 21.6. The molecule has 0 saturated carbocycles. The number of rotatable bonds is 7. The molecule has 2 N–H and O–H groups in total. The molecular formula is C24H24N2O3S. The highest BCUT2D eigenvalue weighted by Gasteiger charge is 2.29. The van der Waals surface area contributed by atoms with Crippen molar-refractivity contribution >= 4 is 22.0 Å². The molecule has 0 saturated heterocycles. The van der Waals surface area contributed by atoms with Gasteiger partial charge in [-0.2, -0.15) is 0 Å². The van der Waals surface area contributed by atoms with Gasteiger partial charge in [0.25, 0.3) is 0 Å². The van der Waals surface area contributed by atoms with Crippen LogP contribution in [0, 0.1) is 0 Å². The first-order chi connectivity index (χ1) is 14.3. The van der Waals surface area contributed by atoms with Crippen molar-refractivity contribution < 1.29 is 13.2 Å². The monoisotopic (exact) mass is 420 g/mol. The van der Waals surface area contributed by atoms with Crippen LogP contribution in [0.15, 0.2) is 95.9 Å². The fourth-order valence-corrected chi connectivity index (χ4v) is 3.92. The van der Waals surface area contributed by atoms with Crippen molar-refractivity contribution in [1.29, 1.82) is 0 Å². The van der Waals surface area contributed by atoms with Crippen LogP contribution in [0.3, 0.4) is 0 Å². The molecule has 3 aromatic carbocycles. The van der Waals surface area contributed by atoms with Gasteiger partial charge in [-0.05, 0) is 48.9 Å². The maximum atomic E-state index is 12.7. The molecule has 0 spiro atoms. The Balaban J connectivity index is 1.82.